The number of hydrogen-bond acceptors (Lipinski definition) is 3. The van der Waals surface area contributed by atoms with Gasteiger partial charge in [-0.25, -0.2) is 4.98 Å². The lowest BCUT2D eigenvalue weighted by atomic mass is 9.91. The molecule has 0 unspecified atom stereocenters. The van der Waals surface area contributed by atoms with E-state index in [1.54, 1.807) is 0 Å². The van der Waals surface area contributed by atoms with E-state index in [1.807, 2.05) is 24.3 Å². The van der Waals surface area contributed by atoms with Gasteiger partial charge in [0.05, 0.1) is 38.8 Å². The standard InChI is InChI=1S/C46H26N4O/c1-2-14-27(15-3-1)43-42-33-21-9-13-25-39(33)51-45(42)48-46(47-43)50-37-24-12-8-20-32(37)40-38(50)26-34-30-18-7-11-23-36(30)49-35-22-10-6-17-29(35)28-16-4-5-19-31(28)41(40)44(34)49/h1-26H. The molecule has 0 fully saturated rings. The van der Waals surface area contributed by atoms with Crippen LogP contribution in [0.1, 0.15) is 0 Å². The minimum Gasteiger partial charge on any atom is -0.437 e. The number of furan rings is 1. The number of hydrogen-bond donors (Lipinski definition) is 0. The van der Waals surface area contributed by atoms with Crippen molar-refractivity contribution >= 4 is 65.7 Å². The molecule has 0 saturated carbocycles. The van der Waals surface area contributed by atoms with Crippen molar-refractivity contribution in [1.29, 1.82) is 0 Å². The highest BCUT2D eigenvalue weighted by Crippen LogP contribution is 2.51. The summed E-state index contributed by atoms with van der Waals surface area (Å²) in [6.45, 7) is 0. The van der Waals surface area contributed by atoms with Gasteiger partial charge >= 0.3 is 0 Å². The topological polar surface area (TPSA) is 48.8 Å². The Hall–Kier alpha value is -6.98. The van der Waals surface area contributed by atoms with Gasteiger partial charge in [0.2, 0.25) is 11.7 Å². The minimum atomic E-state index is 0.572. The molecule has 0 aliphatic carbocycles. The molecule has 0 saturated heterocycles. The van der Waals surface area contributed by atoms with E-state index in [0.29, 0.717) is 11.7 Å². The molecule has 236 valence electrons. The van der Waals surface area contributed by atoms with E-state index in [4.69, 9.17) is 14.4 Å². The summed E-state index contributed by atoms with van der Waals surface area (Å²) < 4.78 is 11.2. The van der Waals surface area contributed by atoms with E-state index >= 15 is 0 Å². The first-order valence-electron chi connectivity index (χ1n) is 17.3. The molecule has 5 heteroatoms. The summed E-state index contributed by atoms with van der Waals surface area (Å²) in [6, 6.07) is 55.9. The molecule has 1 aliphatic rings. The third kappa shape index (κ3) is 3.49. The van der Waals surface area contributed by atoms with Crippen molar-refractivity contribution in [3.8, 4) is 45.1 Å². The van der Waals surface area contributed by atoms with Gasteiger partial charge in [-0.3, -0.25) is 4.57 Å². The molecule has 0 bridgehead atoms. The van der Waals surface area contributed by atoms with Crippen LogP contribution in [0.3, 0.4) is 0 Å². The normalized spacial score (nSPS) is 12.3. The number of aromatic nitrogens is 4. The maximum Gasteiger partial charge on any atom is 0.238 e. The van der Waals surface area contributed by atoms with E-state index < -0.39 is 0 Å². The number of benzene rings is 7. The van der Waals surface area contributed by atoms with Crippen LogP contribution in [-0.4, -0.2) is 19.1 Å². The fourth-order valence-corrected chi connectivity index (χ4v) is 8.65. The smallest absolute Gasteiger partial charge is 0.238 e. The van der Waals surface area contributed by atoms with Gasteiger partial charge in [0.25, 0.3) is 0 Å². The number of nitrogens with zero attached hydrogens (tertiary/aromatic N) is 4. The average Bonchev–Trinajstić information content (AvgIpc) is 3.82. The highest BCUT2D eigenvalue weighted by Gasteiger charge is 2.29. The predicted octanol–water partition coefficient (Wildman–Crippen LogP) is 11.9. The molecule has 4 aromatic heterocycles. The third-order valence-electron chi connectivity index (χ3n) is 10.7. The molecule has 12 rings (SSSR count). The molecule has 11 aromatic rings. The van der Waals surface area contributed by atoms with Gasteiger partial charge in [-0.1, -0.05) is 127 Å². The molecule has 0 radical (unpaired) electrons. The monoisotopic (exact) mass is 650 g/mol. The largest absolute Gasteiger partial charge is 0.437 e. The highest BCUT2D eigenvalue weighted by atomic mass is 16.3. The van der Waals surface area contributed by atoms with E-state index in [9.17, 15) is 0 Å². The van der Waals surface area contributed by atoms with Crippen LogP contribution in [0.4, 0.5) is 0 Å². The maximum absolute atomic E-state index is 6.49. The molecular formula is C46H26N4O. The quantitative estimate of drug-likeness (QED) is 0.187. The fraction of sp³-hybridized carbons (Fsp3) is 0. The first-order valence-corrected chi connectivity index (χ1v) is 17.3. The van der Waals surface area contributed by atoms with E-state index in [-0.39, 0.29) is 0 Å². The Morgan fingerprint density at radius 1 is 0.451 bits per heavy atom. The van der Waals surface area contributed by atoms with Crippen LogP contribution in [0.5, 0.6) is 0 Å². The summed E-state index contributed by atoms with van der Waals surface area (Å²) in [5.41, 5.74) is 13.8. The van der Waals surface area contributed by atoms with Crippen LogP contribution >= 0.6 is 0 Å². The lowest BCUT2D eigenvalue weighted by molar-refractivity contribution is 0.651. The molecule has 5 heterocycles. The summed E-state index contributed by atoms with van der Waals surface area (Å²) in [5, 5.41) is 6.65. The maximum atomic E-state index is 6.49. The van der Waals surface area contributed by atoms with Crippen molar-refractivity contribution in [1.82, 2.24) is 19.1 Å². The van der Waals surface area contributed by atoms with Gasteiger partial charge < -0.3 is 8.98 Å². The van der Waals surface area contributed by atoms with E-state index in [0.717, 1.165) is 44.0 Å². The zero-order valence-electron chi connectivity index (χ0n) is 27.2. The lowest BCUT2D eigenvalue weighted by Crippen LogP contribution is -2.03. The van der Waals surface area contributed by atoms with Crippen LogP contribution in [-0.2, 0) is 0 Å². The van der Waals surface area contributed by atoms with Gasteiger partial charge in [0, 0.05) is 43.6 Å². The van der Waals surface area contributed by atoms with Crippen LogP contribution in [0.2, 0.25) is 0 Å². The Labute approximate surface area is 291 Å². The number of rotatable bonds is 2. The Bertz CT molecular complexity index is 3250. The zero-order chi connectivity index (χ0) is 33.2. The van der Waals surface area contributed by atoms with Gasteiger partial charge in [-0.2, -0.15) is 4.98 Å². The first-order chi connectivity index (χ1) is 25.3. The summed E-state index contributed by atoms with van der Waals surface area (Å²) in [4.78, 5) is 10.7. The summed E-state index contributed by atoms with van der Waals surface area (Å²) >= 11 is 0. The molecular weight excluding hydrogens is 625 g/mol. The van der Waals surface area contributed by atoms with Gasteiger partial charge in [0.1, 0.15) is 5.58 Å². The van der Waals surface area contributed by atoms with Gasteiger partial charge in [-0.05, 0) is 41.5 Å². The second-order valence-electron chi connectivity index (χ2n) is 13.3. The molecule has 51 heavy (non-hydrogen) atoms. The van der Waals surface area contributed by atoms with Crippen LogP contribution < -0.4 is 0 Å². The van der Waals surface area contributed by atoms with Crippen LogP contribution in [0.15, 0.2) is 162 Å². The fourth-order valence-electron chi connectivity index (χ4n) is 8.65. The second kappa shape index (κ2) is 9.80. The van der Waals surface area contributed by atoms with E-state index in [1.165, 1.54) is 55.1 Å². The number of para-hydroxylation sites is 4. The average molecular weight is 651 g/mol. The summed E-state index contributed by atoms with van der Waals surface area (Å²) in [7, 11) is 0. The summed E-state index contributed by atoms with van der Waals surface area (Å²) in [5.74, 6) is 0.576. The highest BCUT2D eigenvalue weighted by molar-refractivity contribution is 6.28. The summed E-state index contributed by atoms with van der Waals surface area (Å²) in [6.07, 6.45) is 0. The van der Waals surface area contributed by atoms with Crippen LogP contribution in [0.25, 0.3) is 111 Å². The SMILES string of the molecule is c1ccc(-c2nc(-n3c4ccccc4c4c5c6c(cc43)c3ccccc3n6-c3ccccc3-c3ccccc3-5)nc3oc4ccccc4c23)cc1. The van der Waals surface area contributed by atoms with Crippen molar-refractivity contribution in [2.45, 2.75) is 0 Å². The van der Waals surface area contributed by atoms with Gasteiger partial charge in [0.15, 0.2) is 0 Å². The van der Waals surface area contributed by atoms with Crippen LogP contribution in [0, 0.1) is 0 Å². The van der Waals surface area contributed by atoms with Crippen molar-refractivity contribution in [2.75, 3.05) is 0 Å². The Balaban J connectivity index is 1.31. The van der Waals surface area contributed by atoms with Crippen molar-refractivity contribution in [2.24, 2.45) is 0 Å². The molecule has 1 aliphatic heterocycles. The molecule has 7 aromatic carbocycles. The molecule has 5 nitrogen and oxygen atoms in total. The first kappa shape index (κ1) is 26.9. The minimum absolute atomic E-state index is 0.572. The molecule has 0 amide bonds. The van der Waals surface area contributed by atoms with E-state index in [2.05, 4.69) is 143 Å². The Morgan fingerprint density at radius 3 is 1.94 bits per heavy atom. The lowest BCUT2D eigenvalue weighted by Gasteiger charge is -2.12. The Kier molecular flexibility index (Phi) is 5.17. The van der Waals surface area contributed by atoms with Crippen molar-refractivity contribution in [3.63, 3.8) is 0 Å². The Morgan fingerprint density at radius 2 is 1.10 bits per heavy atom. The van der Waals surface area contributed by atoms with Crippen molar-refractivity contribution in [3.05, 3.63) is 158 Å². The zero-order valence-corrected chi connectivity index (χ0v) is 27.2. The molecule has 0 N–H and O–H groups in total. The predicted molar refractivity (Wildman–Crippen MR) is 208 cm³/mol. The van der Waals surface area contributed by atoms with Gasteiger partial charge in [-0.15, -0.1) is 0 Å². The second-order valence-corrected chi connectivity index (χ2v) is 13.3. The number of fused-ring (bicyclic) bond motifs is 15. The van der Waals surface area contributed by atoms with Crippen molar-refractivity contribution < 1.29 is 4.42 Å². The molecule has 0 atom stereocenters. The third-order valence-corrected chi connectivity index (χ3v) is 10.7. The molecule has 0 spiro atoms.